The van der Waals surface area contributed by atoms with Crippen molar-refractivity contribution in [1.29, 1.82) is 0 Å². The lowest BCUT2D eigenvalue weighted by molar-refractivity contribution is -0.129. The third-order valence-corrected chi connectivity index (χ3v) is 10.1. The zero-order chi connectivity index (χ0) is 31.6. The molecule has 0 aliphatic carbocycles. The molecule has 0 radical (unpaired) electrons. The van der Waals surface area contributed by atoms with E-state index in [9.17, 15) is 24.3 Å². The van der Waals surface area contributed by atoms with E-state index in [1.54, 1.807) is 30.9 Å². The molecule has 3 unspecified atom stereocenters. The molecule has 246 valence electrons. The van der Waals surface area contributed by atoms with E-state index < -0.39 is 6.10 Å². The van der Waals surface area contributed by atoms with Crippen molar-refractivity contribution in [3.8, 4) is 0 Å². The Labute approximate surface area is 265 Å². The van der Waals surface area contributed by atoms with Gasteiger partial charge in [0.2, 0.25) is 11.8 Å². The van der Waals surface area contributed by atoms with Crippen LogP contribution in [-0.2, 0) is 24.0 Å². The predicted molar refractivity (Wildman–Crippen MR) is 176 cm³/mol. The number of amides is 2. The first kappa shape index (κ1) is 41.2. The lowest BCUT2D eigenvalue weighted by atomic mass is 9.85. The van der Waals surface area contributed by atoms with E-state index in [-0.39, 0.29) is 54.0 Å². The number of aliphatic hydroxyl groups excluding tert-OH is 2. The second-order valence-corrected chi connectivity index (χ2v) is 13.7. The minimum Gasteiger partial charge on any atom is -0.394 e. The van der Waals surface area contributed by atoms with Crippen LogP contribution in [0.25, 0.3) is 0 Å². The summed E-state index contributed by atoms with van der Waals surface area (Å²) in [6.45, 7) is 5.21. The number of carbonyl (C=O) groups is 4. The lowest BCUT2D eigenvalue weighted by Crippen LogP contribution is -2.27. The van der Waals surface area contributed by atoms with Gasteiger partial charge in [-0.25, -0.2) is 0 Å². The SMILES string of the molecule is CCC(CCCCNC(=O)CSCC(O)CO)C(=O)CC(CCCCNC(=O)CSCCSCCN(C)OC)C(C)=O. The maximum absolute atomic E-state index is 12.9. The highest BCUT2D eigenvalue weighted by atomic mass is 32.2. The summed E-state index contributed by atoms with van der Waals surface area (Å²) in [4.78, 5) is 54.1. The molecule has 3 atom stereocenters. The van der Waals surface area contributed by atoms with Gasteiger partial charge >= 0.3 is 0 Å². The minimum absolute atomic E-state index is 0.0320. The molecule has 4 N–H and O–H groups in total. The smallest absolute Gasteiger partial charge is 0.229 e. The summed E-state index contributed by atoms with van der Waals surface area (Å²) in [5.74, 6) is 3.65. The Morgan fingerprint density at radius 2 is 1.43 bits per heavy atom. The summed E-state index contributed by atoms with van der Waals surface area (Å²) in [7, 11) is 3.55. The zero-order valence-electron chi connectivity index (χ0n) is 26.1. The molecule has 42 heavy (non-hydrogen) atoms. The Balaban J connectivity index is 4.05. The largest absolute Gasteiger partial charge is 0.394 e. The number of nitrogens with one attached hydrogen (secondary N) is 2. The van der Waals surface area contributed by atoms with Crippen LogP contribution in [0.15, 0.2) is 0 Å². The van der Waals surface area contributed by atoms with Crippen molar-refractivity contribution in [2.75, 3.05) is 74.9 Å². The molecule has 0 aliphatic rings. The van der Waals surface area contributed by atoms with Gasteiger partial charge in [0.05, 0.1) is 31.3 Å². The van der Waals surface area contributed by atoms with Crippen LogP contribution in [-0.4, -0.2) is 120 Å². The van der Waals surface area contributed by atoms with Crippen LogP contribution in [0, 0.1) is 11.8 Å². The van der Waals surface area contributed by atoms with Crippen molar-refractivity contribution in [2.45, 2.75) is 71.3 Å². The molecular weight excluding hydrogens is 599 g/mol. The first-order valence-electron chi connectivity index (χ1n) is 15.0. The Bertz CT molecular complexity index is 749. The van der Waals surface area contributed by atoms with Crippen LogP contribution >= 0.6 is 35.3 Å². The molecule has 10 nitrogen and oxygen atoms in total. The molecule has 0 fully saturated rings. The molecule has 0 rings (SSSR count). The lowest BCUT2D eigenvalue weighted by Gasteiger charge is -2.18. The molecule has 0 aromatic carbocycles. The molecule has 0 heterocycles. The van der Waals surface area contributed by atoms with Crippen molar-refractivity contribution < 1.29 is 34.2 Å². The molecule has 0 bridgehead atoms. The van der Waals surface area contributed by atoms with Crippen LogP contribution in [0.5, 0.6) is 0 Å². The van der Waals surface area contributed by atoms with Gasteiger partial charge in [-0.1, -0.05) is 19.8 Å². The highest BCUT2D eigenvalue weighted by molar-refractivity contribution is 8.03. The van der Waals surface area contributed by atoms with Gasteiger partial charge in [0, 0.05) is 67.9 Å². The highest BCUT2D eigenvalue weighted by Gasteiger charge is 2.23. The van der Waals surface area contributed by atoms with Gasteiger partial charge < -0.3 is 25.7 Å². The summed E-state index contributed by atoms with van der Waals surface area (Å²) in [5, 5.41) is 25.7. The van der Waals surface area contributed by atoms with E-state index in [0.29, 0.717) is 31.0 Å². The number of thioether (sulfide) groups is 3. The van der Waals surface area contributed by atoms with E-state index in [1.165, 1.54) is 11.8 Å². The van der Waals surface area contributed by atoms with Gasteiger partial charge in [-0.2, -0.15) is 28.6 Å². The van der Waals surface area contributed by atoms with Gasteiger partial charge in [-0.05, 0) is 39.0 Å². The van der Waals surface area contributed by atoms with Crippen LogP contribution in [0.4, 0.5) is 0 Å². The molecule has 0 aromatic heterocycles. The fraction of sp³-hybridized carbons (Fsp3) is 0.862. The standard InChI is InChI=1S/C29H55N3O7S3/c1-5-24(10-6-8-12-31-29(38)22-42-20-26(35)19-33)27(36)18-25(23(2)34)11-7-9-13-30-28(37)21-41-17-16-40-15-14-32(3)39-4/h24-26,33,35H,5-22H2,1-4H3,(H,30,37)(H,31,38). The first-order valence-corrected chi connectivity index (χ1v) is 18.4. The van der Waals surface area contributed by atoms with Gasteiger partial charge in [0.25, 0.3) is 0 Å². The number of nitrogens with zero attached hydrogens (tertiary/aromatic N) is 1. The van der Waals surface area contributed by atoms with Crippen molar-refractivity contribution in [1.82, 2.24) is 15.7 Å². The second kappa shape index (κ2) is 27.7. The van der Waals surface area contributed by atoms with Crippen LogP contribution in [0.3, 0.4) is 0 Å². The van der Waals surface area contributed by atoms with Crippen molar-refractivity contribution in [3.63, 3.8) is 0 Å². The Morgan fingerprint density at radius 1 is 0.857 bits per heavy atom. The number of hydroxylamine groups is 2. The molecule has 0 spiro atoms. The Hall–Kier alpha value is -0.830. The molecule has 0 saturated carbocycles. The third-order valence-electron chi connectivity index (χ3n) is 6.80. The van der Waals surface area contributed by atoms with Gasteiger partial charge in [0.1, 0.15) is 11.6 Å². The predicted octanol–water partition coefficient (Wildman–Crippen LogP) is 2.80. The summed E-state index contributed by atoms with van der Waals surface area (Å²) in [6, 6.07) is 0. The van der Waals surface area contributed by atoms with Crippen LogP contribution in [0.2, 0.25) is 0 Å². The number of unbranched alkanes of at least 4 members (excludes halogenated alkanes) is 2. The highest BCUT2D eigenvalue weighted by Crippen LogP contribution is 2.22. The fourth-order valence-corrected chi connectivity index (χ4v) is 6.80. The average molecular weight is 654 g/mol. The van der Waals surface area contributed by atoms with Crippen molar-refractivity contribution in [3.05, 3.63) is 0 Å². The summed E-state index contributed by atoms with van der Waals surface area (Å²) in [5.41, 5.74) is 0. The number of aliphatic hydroxyl groups is 2. The topological polar surface area (TPSA) is 145 Å². The monoisotopic (exact) mass is 653 g/mol. The maximum atomic E-state index is 12.9. The Kier molecular flexibility index (Phi) is 27.2. The number of carbonyl (C=O) groups excluding carboxylic acids is 4. The van der Waals surface area contributed by atoms with E-state index in [1.807, 2.05) is 25.7 Å². The van der Waals surface area contributed by atoms with E-state index in [0.717, 1.165) is 62.3 Å². The van der Waals surface area contributed by atoms with E-state index in [2.05, 4.69) is 10.6 Å². The number of ketones is 2. The van der Waals surface area contributed by atoms with Crippen LogP contribution in [0.1, 0.15) is 65.2 Å². The van der Waals surface area contributed by atoms with Crippen LogP contribution < -0.4 is 10.6 Å². The number of Topliss-reactive ketones (excluding diaryl/α,β-unsaturated/α-hetero) is 2. The molecule has 2 amide bonds. The van der Waals surface area contributed by atoms with E-state index >= 15 is 0 Å². The van der Waals surface area contributed by atoms with Gasteiger partial charge in [-0.3, -0.25) is 19.2 Å². The minimum atomic E-state index is -0.810. The number of hydrogen-bond donors (Lipinski definition) is 4. The average Bonchev–Trinajstić information content (AvgIpc) is 2.97. The van der Waals surface area contributed by atoms with Gasteiger partial charge in [0.15, 0.2) is 0 Å². The molecule has 13 heteroatoms. The third kappa shape index (κ3) is 23.6. The second-order valence-electron chi connectivity index (χ2n) is 10.3. The molecular formula is C29H55N3O7S3. The number of rotatable bonds is 29. The summed E-state index contributed by atoms with van der Waals surface area (Å²) >= 11 is 4.75. The zero-order valence-corrected chi connectivity index (χ0v) is 28.5. The fourth-order valence-electron chi connectivity index (χ4n) is 4.05. The molecule has 0 aromatic rings. The normalized spacial score (nSPS) is 13.5. The quantitative estimate of drug-likeness (QED) is 0.0699. The van der Waals surface area contributed by atoms with Gasteiger partial charge in [-0.15, -0.1) is 11.8 Å². The van der Waals surface area contributed by atoms with Crippen molar-refractivity contribution >= 4 is 58.7 Å². The number of hydrogen-bond acceptors (Lipinski definition) is 11. The first-order chi connectivity index (χ1) is 20.1. The molecule has 0 saturated heterocycles. The maximum Gasteiger partial charge on any atom is 0.229 e. The van der Waals surface area contributed by atoms with Crippen molar-refractivity contribution in [2.24, 2.45) is 11.8 Å². The summed E-state index contributed by atoms with van der Waals surface area (Å²) in [6.07, 6.45) is 4.72. The molecule has 0 aliphatic heterocycles. The summed E-state index contributed by atoms with van der Waals surface area (Å²) < 4.78 is 0. The van der Waals surface area contributed by atoms with E-state index in [4.69, 9.17) is 9.94 Å². The Morgan fingerprint density at radius 3 is 1.98 bits per heavy atom.